The van der Waals surface area contributed by atoms with E-state index in [1.807, 2.05) is 41.8 Å². The highest BCUT2D eigenvalue weighted by Crippen LogP contribution is 2.31. The molecule has 4 rings (SSSR count). The molecule has 5 nitrogen and oxygen atoms in total. The molecule has 0 bridgehead atoms. The maximum atomic E-state index is 13.0. The quantitative estimate of drug-likeness (QED) is 0.846. The van der Waals surface area contributed by atoms with Crippen LogP contribution in [0.2, 0.25) is 0 Å². The van der Waals surface area contributed by atoms with Crippen molar-refractivity contribution in [2.75, 3.05) is 26.2 Å². The molecule has 5 heteroatoms. The molecule has 0 spiro atoms. The summed E-state index contributed by atoms with van der Waals surface area (Å²) < 4.78 is 0. The first-order chi connectivity index (χ1) is 12.0. The predicted octanol–water partition coefficient (Wildman–Crippen LogP) is 2.55. The summed E-state index contributed by atoms with van der Waals surface area (Å²) in [4.78, 5) is 33.5. The zero-order chi connectivity index (χ0) is 17.6. The molecule has 1 aromatic carbocycles. The van der Waals surface area contributed by atoms with Gasteiger partial charge in [0, 0.05) is 37.5 Å². The maximum absolute atomic E-state index is 13.0. The average Bonchev–Trinajstić information content (AvgIpc) is 3.45. The van der Waals surface area contributed by atoms with Crippen molar-refractivity contribution in [1.82, 2.24) is 14.8 Å². The van der Waals surface area contributed by atoms with Gasteiger partial charge in [-0.3, -0.25) is 14.6 Å². The van der Waals surface area contributed by atoms with E-state index in [9.17, 15) is 9.59 Å². The van der Waals surface area contributed by atoms with E-state index in [-0.39, 0.29) is 17.7 Å². The van der Waals surface area contributed by atoms with Crippen LogP contribution in [0.15, 0.2) is 24.3 Å². The molecule has 2 aliphatic rings. The van der Waals surface area contributed by atoms with Gasteiger partial charge in [-0.15, -0.1) is 0 Å². The van der Waals surface area contributed by atoms with Crippen LogP contribution < -0.4 is 0 Å². The summed E-state index contributed by atoms with van der Waals surface area (Å²) in [5, 5.41) is 0.997. The maximum Gasteiger partial charge on any atom is 0.255 e. The SMILES string of the molecule is Cc1ccc2nc(C)c(C(=O)N3CCN(C(=O)C4CC4)CC3)cc2c1. The number of benzene rings is 1. The topological polar surface area (TPSA) is 53.5 Å². The molecule has 0 N–H and O–H groups in total. The van der Waals surface area contributed by atoms with Crippen molar-refractivity contribution in [3.63, 3.8) is 0 Å². The van der Waals surface area contributed by atoms with Gasteiger partial charge in [-0.1, -0.05) is 11.6 Å². The molecule has 1 aromatic heterocycles. The van der Waals surface area contributed by atoms with E-state index in [0.717, 1.165) is 35.0 Å². The highest BCUT2D eigenvalue weighted by atomic mass is 16.2. The number of fused-ring (bicyclic) bond motifs is 1. The van der Waals surface area contributed by atoms with Crippen LogP contribution in [0, 0.1) is 19.8 Å². The van der Waals surface area contributed by atoms with Gasteiger partial charge in [0.1, 0.15) is 0 Å². The molecule has 2 heterocycles. The summed E-state index contributed by atoms with van der Waals surface area (Å²) in [6.45, 7) is 6.40. The zero-order valence-electron chi connectivity index (χ0n) is 14.8. The van der Waals surface area contributed by atoms with E-state index < -0.39 is 0 Å². The van der Waals surface area contributed by atoms with Crippen LogP contribution in [0.4, 0.5) is 0 Å². The Morgan fingerprint density at radius 3 is 2.36 bits per heavy atom. The van der Waals surface area contributed by atoms with Gasteiger partial charge in [-0.05, 0) is 44.9 Å². The van der Waals surface area contributed by atoms with Gasteiger partial charge < -0.3 is 9.80 Å². The molecule has 130 valence electrons. The Morgan fingerprint density at radius 2 is 1.68 bits per heavy atom. The average molecular weight is 337 g/mol. The summed E-state index contributed by atoms with van der Waals surface area (Å²) >= 11 is 0. The number of rotatable bonds is 2. The normalized spacial score (nSPS) is 17.8. The van der Waals surface area contributed by atoms with Crippen molar-refractivity contribution in [1.29, 1.82) is 0 Å². The van der Waals surface area contributed by atoms with Crippen LogP contribution >= 0.6 is 0 Å². The standard InChI is InChI=1S/C20H23N3O2/c1-13-3-6-18-16(11-13)12-17(14(2)21-18)20(25)23-9-7-22(8-10-23)19(24)15-4-5-15/h3,6,11-12,15H,4-5,7-10H2,1-2H3. The van der Waals surface area contributed by atoms with E-state index in [0.29, 0.717) is 31.7 Å². The zero-order valence-corrected chi connectivity index (χ0v) is 14.8. The lowest BCUT2D eigenvalue weighted by Gasteiger charge is -2.35. The molecule has 25 heavy (non-hydrogen) atoms. The first-order valence-corrected chi connectivity index (χ1v) is 8.99. The minimum atomic E-state index is 0.0203. The molecule has 1 saturated carbocycles. The Balaban J connectivity index is 1.52. The minimum absolute atomic E-state index is 0.0203. The Labute approximate surface area is 147 Å². The number of piperazine rings is 1. The van der Waals surface area contributed by atoms with E-state index in [2.05, 4.69) is 11.1 Å². The second kappa shape index (κ2) is 6.14. The van der Waals surface area contributed by atoms with E-state index in [1.54, 1.807) is 0 Å². The largest absolute Gasteiger partial charge is 0.339 e. The predicted molar refractivity (Wildman–Crippen MR) is 96.4 cm³/mol. The lowest BCUT2D eigenvalue weighted by molar-refractivity contribution is -0.134. The highest BCUT2D eigenvalue weighted by molar-refractivity contribution is 5.99. The lowest BCUT2D eigenvalue weighted by Crippen LogP contribution is -2.51. The number of hydrogen-bond acceptors (Lipinski definition) is 3. The van der Waals surface area contributed by atoms with Crippen molar-refractivity contribution in [2.45, 2.75) is 26.7 Å². The van der Waals surface area contributed by atoms with Gasteiger partial charge in [0.15, 0.2) is 0 Å². The molecule has 0 atom stereocenters. The summed E-state index contributed by atoms with van der Waals surface area (Å²) in [7, 11) is 0. The lowest BCUT2D eigenvalue weighted by atomic mass is 10.1. The third-order valence-electron chi connectivity index (χ3n) is 5.20. The van der Waals surface area contributed by atoms with Gasteiger partial charge in [-0.25, -0.2) is 0 Å². The van der Waals surface area contributed by atoms with Gasteiger partial charge in [0.25, 0.3) is 5.91 Å². The van der Waals surface area contributed by atoms with Gasteiger partial charge >= 0.3 is 0 Å². The van der Waals surface area contributed by atoms with E-state index in [1.165, 1.54) is 0 Å². The number of aromatic nitrogens is 1. The first-order valence-electron chi connectivity index (χ1n) is 8.99. The Morgan fingerprint density at radius 1 is 1.00 bits per heavy atom. The van der Waals surface area contributed by atoms with Crippen molar-refractivity contribution in [3.8, 4) is 0 Å². The molecule has 2 fully saturated rings. The van der Waals surface area contributed by atoms with E-state index in [4.69, 9.17) is 0 Å². The molecule has 1 saturated heterocycles. The fourth-order valence-electron chi connectivity index (χ4n) is 3.50. The number of amides is 2. The second-order valence-corrected chi connectivity index (χ2v) is 7.21. The fraction of sp³-hybridized carbons (Fsp3) is 0.450. The highest BCUT2D eigenvalue weighted by Gasteiger charge is 2.35. The number of pyridine rings is 1. The van der Waals surface area contributed by atoms with Crippen molar-refractivity contribution in [2.24, 2.45) is 5.92 Å². The number of carbonyl (C=O) groups is 2. The molecule has 0 radical (unpaired) electrons. The van der Waals surface area contributed by atoms with Crippen LogP contribution in [-0.4, -0.2) is 52.8 Å². The third kappa shape index (κ3) is 3.11. The molecule has 1 aliphatic heterocycles. The van der Waals surface area contributed by atoms with Crippen LogP contribution in [0.1, 0.15) is 34.5 Å². The summed E-state index contributed by atoms with van der Waals surface area (Å²) in [6, 6.07) is 8.04. The number of hydrogen-bond donors (Lipinski definition) is 0. The molecule has 2 amide bonds. The van der Waals surface area contributed by atoms with Crippen molar-refractivity contribution >= 4 is 22.7 Å². The molecule has 1 aliphatic carbocycles. The number of nitrogens with zero attached hydrogens (tertiary/aromatic N) is 3. The van der Waals surface area contributed by atoms with Gasteiger partial charge in [0.05, 0.1) is 16.8 Å². The minimum Gasteiger partial charge on any atom is -0.339 e. The fourth-order valence-corrected chi connectivity index (χ4v) is 3.50. The van der Waals surface area contributed by atoms with Gasteiger partial charge in [-0.2, -0.15) is 0 Å². The van der Waals surface area contributed by atoms with Crippen LogP contribution in [0.5, 0.6) is 0 Å². The first kappa shape index (κ1) is 16.1. The monoisotopic (exact) mass is 337 g/mol. The smallest absolute Gasteiger partial charge is 0.255 e. The van der Waals surface area contributed by atoms with Crippen LogP contribution in [0.25, 0.3) is 10.9 Å². The summed E-state index contributed by atoms with van der Waals surface area (Å²) in [5.41, 5.74) is 3.50. The Hall–Kier alpha value is -2.43. The Bertz CT molecular complexity index is 849. The molecular formula is C20H23N3O2. The molecule has 2 aromatic rings. The van der Waals surface area contributed by atoms with Crippen LogP contribution in [-0.2, 0) is 4.79 Å². The summed E-state index contributed by atoms with van der Waals surface area (Å²) in [6.07, 6.45) is 2.05. The summed E-state index contributed by atoms with van der Waals surface area (Å²) in [5.74, 6) is 0.537. The third-order valence-corrected chi connectivity index (χ3v) is 5.20. The Kier molecular flexibility index (Phi) is 3.94. The number of carbonyl (C=O) groups excluding carboxylic acids is 2. The number of aryl methyl sites for hydroxylation is 2. The van der Waals surface area contributed by atoms with E-state index >= 15 is 0 Å². The molecule has 0 unspecified atom stereocenters. The van der Waals surface area contributed by atoms with Crippen LogP contribution in [0.3, 0.4) is 0 Å². The molecular weight excluding hydrogens is 314 g/mol. The van der Waals surface area contributed by atoms with Crippen molar-refractivity contribution in [3.05, 3.63) is 41.1 Å². The van der Waals surface area contributed by atoms with Crippen molar-refractivity contribution < 1.29 is 9.59 Å². The van der Waals surface area contributed by atoms with Gasteiger partial charge in [0.2, 0.25) is 5.91 Å². The second-order valence-electron chi connectivity index (χ2n) is 7.21.